The first kappa shape index (κ1) is 21.6. The van der Waals surface area contributed by atoms with E-state index in [0.29, 0.717) is 29.5 Å². The Hall–Kier alpha value is -2.09. The minimum absolute atomic E-state index is 0.220. The van der Waals surface area contributed by atoms with E-state index in [1.165, 1.54) is 12.1 Å². The molecule has 2 atom stereocenters. The van der Waals surface area contributed by atoms with Gasteiger partial charge in [-0.1, -0.05) is 11.6 Å². The van der Waals surface area contributed by atoms with Crippen molar-refractivity contribution in [2.75, 3.05) is 20.2 Å². The summed E-state index contributed by atoms with van der Waals surface area (Å²) < 4.78 is 37.0. The molecule has 0 spiro atoms. The second kappa shape index (κ2) is 9.15. The summed E-state index contributed by atoms with van der Waals surface area (Å²) in [6, 6.07) is 12.7. The maximum absolute atomic E-state index is 13.1. The molecule has 0 aliphatic carbocycles. The monoisotopic (exact) mass is 437 g/mol. The second-order valence-electron chi connectivity index (χ2n) is 6.97. The molecule has 1 saturated heterocycles. The number of rotatable bonds is 6. The molecule has 2 unspecified atom stereocenters. The minimum atomic E-state index is -3.57. The highest BCUT2D eigenvalue weighted by molar-refractivity contribution is 7.92. The molecular weight excluding hydrogens is 414 g/mol. The quantitative estimate of drug-likeness (QED) is 0.637. The Morgan fingerprint density at radius 3 is 2.28 bits per heavy atom. The van der Waals surface area contributed by atoms with Crippen molar-refractivity contribution in [3.63, 3.8) is 0 Å². The maximum Gasteiger partial charge on any atom is 0.323 e. The number of esters is 1. The number of likely N-dealkylation sites (tertiary alicyclic amines) is 1. The first-order valence-corrected chi connectivity index (χ1v) is 11.4. The first-order chi connectivity index (χ1) is 13.8. The van der Waals surface area contributed by atoms with Gasteiger partial charge in [-0.15, -0.1) is 0 Å². The predicted molar refractivity (Wildman–Crippen MR) is 111 cm³/mol. The van der Waals surface area contributed by atoms with Gasteiger partial charge in [0.15, 0.2) is 9.84 Å². The molecule has 0 radical (unpaired) electrons. The van der Waals surface area contributed by atoms with E-state index in [-0.39, 0.29) is 23.9 Å². The van der Waals surface area contributed by atoms with E-state index < -0.39 is 21.1 Å². The largest absolute Gasteiger partial charge is 0.465 e. The average Bonchev–Trinajstić information content (AvgIpc) is 2.70. The van der Waals surface area contributed by atoms with Gasteiger partial charge in [0.25, 0.3) is 0 Å². The highest BCUT2D eigenvalue weighted by Gasteiger charge is 2.38. The first-order valence-electron chi connectivity index (χ1n) is 9.45. The van der Waals surface area contributed by atoms with Crippen LogP contribution in [-0.4, -0.2) is 50.8 Å². The normalized spacial score (nSPS) is 20.2. The third-order valence-electron chi connectivity index (χ3n) is 5.02. The standard InChI is InChI=1S/C21H24ClNO5S/c1-3-27-21(24)20-14-19(12-13-23(20)2)29(25,26)18-10-8-17(9-11-18)28-16-6-4-15(22)5-7-16/h4-11,19-20H,3,12-14H2,1-2H3. The van der Waals surface area contributed by atoms with E-state index in [9.17, 15) is 13.2 Å². The van der Waals surface area contributed by atoms with Crippen LogP contribution in [-0.2, 0) is 19.4 Å². The number of nitrogens with zero attached hydrogens (tertiary/aromatic N) is 1. The minimum Gasteiger partial charge on any atom is -0.465 e. The molecule has 2 aromatic rings. The topological polar surface area (TPSA) is 72.9 Å². The van der Waals surface area contributed by atoms with Crippen LogP contribution in [0, 0.1) is 0 Å². The van der Waals surface area contributed by atoms with Crippen molar-refractivity contribution in [2.45, 2.75) is 36.0 Å². The van der Waals surface area contributed by atoms with Gasteiger partial charge in [0, 0.05) is 5.02 Å². The predicted octanol–water partition coefficient (Wildman–Crippen LogP) is 3.93. The Kier molecular flexibility index (Phi) is 6.82. The third kappa shape index (κ3) is 5.10. The molecular formula is C21H24ClNO5S. The Bertz CT molecular complexity index is 944. The molecule has 0 saturated carbocycles. The molecule has 0 bridgehead atoms. The second-order valence-corrected chi connectivity index (χ2v) is 9.63. The van der Waals surface area contributed by atoms with E-state index in [0.717, 1.165) is 0 Å². The zero-order valence-corrected chi connectivity index (χ0v) is 17.9. The number of benzene rings is 2. The highest BCUT2D eigenvalue weighted by atomic mass is 35.5. The number of carbonyl (C=O) groups is 1. The molecule has 1 aliphatic heterocycles. The molecule has 3 rings (SSSR count). The van der Waals surface area contributed by atoms with Gasteiger partial charge in [-0.25, -0.2) is 8.42 Å². The van der Waals surface area contributed by atoms with Crippen molar-refractivity contribution in [3.8, 4) is 11.5 Å². The highest BCUT2D eigenvalue weighted by Crippen LogP contribution is 2.30. The lowest BCUT2D eigenvalue weighted by Gasteiger charge is -2.35. The van der Waals surface area contributed by atoms with Crippen LogP contribution < -0.4 is 4.74 Å². The van der Waals surface area contributed by atoms with Crippen LogP contribution in [0.4, 0.5) is 0 Å². The summed E-state index contributed by atoms with van der Waals surface area (Å²) >= 11 is 5.86. The van der Waals surface area contributed by atoms with Gasteiger partial charge in [0.1, 0.15) is 17.5 Å². The number of ether oxygens (including phenoxy) is 2. The lowest BCUT2D eigenvalue weighted by atomic mass is 10.0. The van der Waals surface area contributed by atoms with Crippen molar-refractivity contribution in [3.05, 3.63) is 53.6 Å². The van der Waals surface area contributed by atoms with Crippen molar-refractivity contribution in [1.29, 1.82) is 0 Å². The molecule has 6 nitrogen and oxygen atoms in total. The van der Waals surface area contributed by atoms with E-state index >= 15 is 0 Å². The van der Waals surface area contributed by atoms with E-state index in [2.05, 4.69) is 0 Å². The lowest BCUT2D eigenvalue weighted by Crippen LogP contribution is -2.49. The van der Waals surface area contributed by atoms with Crippen LogP contribution in [0.5, 0.6) is 11.5 Å². The van der Waals surface area contributed by atoms with E-state index in [4.69, 9.17) is 21.1 Å². The Balaban J connectivity index is 1.73. The van der Waals surface area contributed by atoms with Crippen LogP contribution in [0.25, 0.3) is 0 Å². The summed E-state index contributed by atoms with van der Waals surface area (Å²) in [7, 11) is -1.76. The fourth-order valence-electron chi connectivity index (χ4n) is 3.38. The smallest absolute Gasteiger partial charge is 0.323 e. The Morgan fingerprint density at radius 1 is 1.10 bits per heavy atom. The molecule has 2 aromatic carbocycles. The number of hydrogen-bond donors (Lipinski definition) is 0. The number of hydrogen-bond acceptors (Lipinski definition) is 6. The number of carbonyl (C=O) groups excluding carboxylic acids is 1. The van der Waals surface area contributed by atoms with Gasteiger partial charge in [-0.2, -0.15) is 0 Å². The average molecular weight is 438 g/mol. The van der Waals surface area contributed by atoms with Crippen LogP contribution in [0.2, 0.25) is 5.02 Å². The zero-order chi connectivity index (χ0) is 21.0. The molecule has 0 N–H and O–H groups in total. The van der Waals surface area contributed by atoms with Crippen LogP contribution in [0.15, 0.2) is 53.4 Å². The summed E-state index contributed by atoms with van der Waals surface area (Å²) in [5.41, 5.74) is 0. The molecule has 8 heteroatoms. The van der Waals surface area contributed by atoms with E-state index in [1.54, 1.807) is 43.3 Å². The summed E-state index contributed by atoms with van der Waals surface area (Å²) in [6.07, 6.45) is 0.693. The fourth-order valence-corrected chi connectivity index (χ4v) is 5.25. The van der Waals surface area contributed by atoms with Gasteiger partial charge in [0.2, 0.25) is 0 Å². The van der Waals surface area contributed by atoms with Gasteiger partial charge in [0.05, 0.1) is 16.8 Å². The number of sulfone groups is 1. The SMILES string of the molecule is CCOC(=O)C1CC(S(=O)(=O)c2ccc(Oc3ccc(Cl)cc3)cc2)CCN1C. The van der Waals surface area contributed by atoms with Crippen LogP contribution in [0.3, 0.4) is 0 Å². The summed E-state index contributed by atoms with van der Waals surface area (Å²) in [6.45, 7) is 2.53. The summed E-state index contributed by atoms with van der Waals surface area (Å²) in [5, 5.41) is -0.0193. The third-order valence-corrected chi connectivity index (χ3v) is 7.51. The molecule has 0 amide bonds. The molecule has 1 aliphatic rings. The molecule has 156 valence electrons. The lowest BCUT2D eigenvalue weighted by molar-refractivity contribution is -0.150. The van der Waals surface area contributed by atoms with Gasteiger partial charge in [-0.05, 0) is 81.9 Å². The van der Waals surface area contributed by atoms with Crippen LogP contribution >= 0.6 is 11.6 Å². The van der Waals surface area contributed by atoms with Gasteiger partial charge < -0.3 is 9.47 Å². The van der Waals surface area contributed by atoms with Crippen molar-refractivity contribution in [2.24, 2.45) is 0 Å². The Morgan fingerprint density at radius 2 is 1.69 bits per heavy atom. The molecule has 1 fully saturated rings. The molecule has 29 heavy (non-hydrogen) atoms. The molecule has 1 heterocycles. The summed E-state index contributed by atoms with van der Waals surface area (Å²) in [5.74, 6) is 0.762. The van der Waals surface area contributed by atoms with E-state index in [1.807, 2.05) is 11.9 Å². The van der Waals surface area contributed by atoms with Gasteiger partial charge in [-0.3, -0.25) is 9.69 Å². The summed E-state index contributed by atoms with van der Waals surface area (Å²) in [4.78, 5) is 14.2. The maximum atomic E-state index is 13.1. The number of piperidine rings is 1. The zero-order valence-electron chi connectivity index (χ0n) is 16.4. The Labute approximate surface area is 176 Å². The van der Waals surface area contributed by atoms with Gasteiger partial charge >= 0.3 is 5.97 Å². The van der Waals surface area contributed by atoms with Crippen molar-refractivity contribution >= 4 is 27.4 Å². The van der Waals surface area contributed by atoms with Crippen molar-refractivity contribution < 1.29 is 22.7 Å². The number of likely N-dealkylation sites (N-methyl/N-ethyl adjacent to an activating group) is 1. The van der Waals surface area contributed by atoms with Crippen LogP contribution in [0.1, 0.15) is 19.8 Å². The van der Waals surface area contributed by atoms with Crippen molar-refractivity contribution in [1.82, 2.24) is 4.90 Å². The number of halogens is 1. The fraction of sp³-hybridized carbons (Fsp3) is 0.381. The molecule has 0 aromatic heterocycles.